The monoisotopic (exact) mass is 333 g/mol. The first-order valence-corrected chi connectivity index (χ1v) is 9.31. The summed E-state index contributed by atoms with van der Waals surface area (Å²) in [5, 5.41) is 18.2. The van der Waals surface area contributed by atoms with Gasteiger partial charge in [-0.3, -0.25) is 0 Å². The van der Waals surface area contributed by atoms with Crippen molar-refractivity contribution >= 4 is 27.8 Å². The third kappa shape index (κ3) is 5.56. The fourth-order valence-corrected chi connectivity index (χ4v) is 3.28. The normalized spacial score (nSPS) is 11.5. The lowest BCUT2D eigenvalue weighted by Crippen LogP contribution is -2.25. The van der Waals surface area contributed by atoms with E-state index in [1.54, 1.807) is 11.8 Å². The molecule has 0 aliphatic rings. The van der Waals surface area contributed by atoms with Crippen LogP contribution in [-0.4, -0.2) is 43.2 Å². The van der Waals surface area contributed by atoms with E-state index in [2.05, 4.69) is 4.72 Å². The summed E-state index contributed by atoms with van der Waals surface area (Å²) in [5.74, 6) is -0.785. The van der Waals surface area contributed by atoms with Gasteiger partial charge < -0.3 is 10.2 Å². The van der Waals surface area contributed by atoms with Crippen molar-refractivity contribution in [3.05, 3.63) is 23.8 Å². The summed E-state index contributed by atoms with van der Waals surface area (Å²) in [7, 11) is -3.76. The molecule has 8 heteroatoms. The van der Waals surface area contributed by atoms with Gasteiger partial charge >= 0.3 is 5.97 Å². The highest BCUT2D eigenvalue weighted by Gasteiger charge is 2.18. The molecule has 3 N–H and O–H groups in total. The maximum absolute atomic E-state index is 12.0. The Kier molecular flexibility index (Phi) is 7.00. The van der Waals surface area contributed by atoms with Crippen molar-refractivity contribution in [3.8, 4) is 5.75 Å². The molecular formula is C13H19NO5S2. The van der Waals surface area contributed by atoms with Crippen molar-refractivity contribution in [1.82, 2.24) is 4.72 Å². The SMILES string of the molecule is CSCCCCCNS(=O)(=O)c1ccc(O)c(C(=O)O)c1. The van der Waals surface area contributed by atoms with Crippen molar-refractivity contribution in [2.45, 2.75) is 24.2 Å². The number of carbonyl (C=O) groups is 1. The van der Waals surface area contributed by atoms with E-state index < -0.39 is 27.3 Å². The van der Waals surface area contributed by atoms with Gasteiger partial charge in [-0.1, -0.05) is 6.42 Å². The Labute approximate surface area is 128 Å². The molecule has 0 aliphatic carbocycles. The molecule has 0 aromatic heterocycles. The molecular weight excluding hydrogens is 314 g/mol. The van der Waals surface area contributed by atoms with Crippen molar-refractivity contribution in [1.29, 1.82) is 0 Å². The topological polar surface area (TPSA) is 104 Å². The summed E-state index contributed by atoms with van der Waals surface area (Å²) in [6.45, 7) is 0.306. The van der Waals surface area contributed by atoms with Gasteiger partial charge in [-0.05, 0) is 43.0 Å². The van der Waals surface area contributed by atoms with E-state index in [4.69, 9.17) is 5.11 Å². The molecule has 0 radical (unpaired) electrons. The van der Waals surface area contributed by atoms with Gasteiger partial charge in [0.15, 0.2) is 0 Å². The highest BCUT2D eigenvalue weighted by molar-refractivity contribution is 7.98. The molecule has 0 unspecified atom stereocenters. The lowest BCUT2D eigenvalue weighted by Gasteiger charge is -2.08. The Balaban J connectivity index is 2.66. The molecule has 118 valence electrons. The predicted molar refractivity (Wildman–Crippen MR) is 82.5 cm³/mol. The number of nitrogens with one attached hydrogen (secondary N) is 1. The first-order valence-electron chi connectivity index (χ1n) is 6.43. The van der Waals surface area contributed by atoms with Crippen LogP contribution in [0.4, 0.5) is 0 Å². The summed E-state index contributed by atoms with van der Waals surface area (Å²) < 4.78 is 26.5. The lowest BCUT2D eigenvalue weighted by atomic mass is 10.2. The molecule has 0 saturated carbocycles. The number of carboxylic acid groups (broad SMARTS) is 1. The van der Waals surface area contributed by atoms with Crippen LogP contribution in [-0.2, 0) is 10.0 Å². The summed E-state index contributed by atoms with van der Waals surface area (Å²) in [6.07, 6.45) is 4.71. The van der Waals surface area contributed by atoms with Crippen LogP contribution in [0.25, 0.3) is 0 Å². The first kappa shape index (κ1) is 17.8. The van der Waals surface area contributed by atoms with Crippen LogP contribution in [0.15, 0.2) is 23.1 Å². The van der Waals surface area contributed by atoms with Crippen LogP contribution in [0.5, 0.6) is 5.75 Å². The molecule has 6 nitrogen and oxygen atoms in total. The Hall–Kier alpha value is -1.25. The second kappa shape index (κ2) is 8.26. The predicted octanol–water partition coefficient (Wildman–Crippen LogP) is 1.90. The molecule has 0 bridgehead atoms. The molecule has 0 spiro atoms. The van der Waals surface area contributed by atoms with E-state index in [-0.39, 0.29) is 4.90 Å². The van der Waals surface area contributed by atoms with Crippen molar-refractivity contribution in [2.75, 3.05) is 18.6 Å². The molecule has 0 atom stereocenters. The van der Waals surface area contributed by atoms with E-state index >= 15 is 0 Å². The quantitative estimate of drug-likeness (QED) is 0.596. The Bertz CT molecular complexity index is 586. The zero-order chi connectivity index (χ0) is 15.9. The van der Waals surface area contributed by atoms with Gasteiger partial charge in [0.2, 0.25) is 10.0 Å². The van der Waals surface area contributed by atoms with Gasteiger partial charge in [-0.2, -0.15) is 11.8 Å². The molecule has 21 heavy (non-hydrogen) atoms. The third-order valence-electron chi connectivity index (χ3n) is 2.83. The number of sulfonamides is 1. The number of thioether (sulfide) groups is 1. The Morgan fingerprint density at radius 1 is 1.29 bits per heavy atom. The standard InChI is InChI=1S/C13H19NO5S2/c1-20-8-4-2-3-7-14-21(18,19)10-5-6-12(15)11(9-10)13(16)17/h5-6,9,14-15H,2-4,7-8H2,1H3,(H,16,17). The highest BCUT2D eigenvalue weighted by Crippen LogP contribution is 2.21. The molecule has 0 amide bonds. The maximum Gasteiger partial charge on any atom is 0.339 e. The minimum atomic E-state index is -3.76. The van der Waals surface area contributed by atoms with Crippen molar-refractivity contribution in [3.63, 3.8) is 0 Å². The van der Waals surface area contributed by atoms with E-state index in [1.165, 1.54) is 6.07 Å². The highest BCUT2D eigenvalue weighted by atomic mass is 32.2. The second-order valence-electron chi connectivity index (χ2n) is 4.44. The first-order chi connectivity index (χ1) is 9.88. The molecule has 0 fully saturated rings. The van der Waals surface area contributed by atoms with Gasteiger partial charge in [0, 0.05) is 6.54 Å². The van der Waals surface area contributed by atoms with Crippen LogP contribution in [0.2, 0.25) is 0 Å². The lowest BCUT2D eigenvalue weighted by molar-refractivity contribution is 0.0693. The van der Waals surface area contributed by atoms with Gasteiger partial charge in [0.25, 0.3) is 0 Å². The third-order valence-corrected chi connectivity index (χ3v) is 4.98. The van der Waals surface area contributed by atoms with E-state index in [9.17, 15) is 18.3 Å². The summed E-state index contributed by atoms with van der Waals surface area (Å²) >= 11 is 1.75. The average molecular weight is 333 g/mol. The van der Waals surface area contributed by atoms with E-state index in [0.717, 1.165) is 37.1 Å². The van der Waals surface area contributed by atoms with Crippen molar-refractivity contribution in [2.24, 2.45) is 0 Å². The maximum atomic E-state index is 12.0. The molecule has 1 aromatic carbocycles. The molecule has 1 rings (SSSR count). The Morgan fingerprint density at radius 2 is 2.00 bits per heavy atom. The number of hydrogen-bond donors (Lipinski definition) is 3. The largest absolute Gasteiger partial charge is 0.507 e. The minimum absolute atomic E-state index is 0.165. The fourth-order valence-electron chi connectivity index (χ4n) is 1.69. The van der Waals surface area contributed by atoms with Crippen LogP contribution in [0, 0.1) is 0 Å². The van der Waals surface area contributed by atoms with Crippen LogP contribution in [0.3, 0.4) is 0 Å². The minimum Gasteiger partial charge on any atom is -0.507 e. The average Bonchev–Trinajstić information content (AvgIpc) is 2.42. The number of aromatic carboxylic acids is 1. The molecule has 0 heterocycles. The van der Waals surface area contributed by atoms with Gasteiger partial charge in [0.1, 0.15) is 11.3 Å². The number of benzene rings is 1. The van der Waals surface area contributed by atoms with Gasteiger partial charge in [0.05, 0.1) is 4.90 Å². The smallest absolute Gasteiger partial charge is 0.339 e. The number of unbranched alkanes of at least 4 members (excludes halogenated alkanes) is 2. The zero-order valence-electron chi connectivity index (χ0n) is 11.7. The number of aromatic hydroxyl groups is 1. The van der Waals surface area contributed by atoms with Gasteiger partial charge in [-0.15, -0.1) is 0 Å². The molecule has 0 saturated heterocycles. The summed E-state index contributed by atoms with van der Waals surface area (Å²) in [4.78, 5) is 10.7. The molecule has 0 aliphatic heterocycles. The van der Waals surface area contributed by atoms with Crippen LogP contribution < -0.4 is 4.72 Å². The Morgan fingerprint density at radius 3 is 2.62 bits per heavy atom. The fraction of sp³-hybridized carbons (Fsp3) is 0.462. The zero-order valence-corrected chi connectivity index (χ0v) is 13.3. The second-order valence-corrected chi connectivity index (χ2v) is 7.19. The van der Waals surface area contributed by atoms with Crippen LogP contribution in [0.1, 0.15) is 29.6 Å². The summed E-state index contributed by atoms with van der Waals surface area (Å²) in [5.41, 5.74) is -0.433. The van der Waals surface area contributed by atoms with Gasteiger partial charge in [-0.25, -0.2) is 17.9 Å². The number of phenols is 1. The van der Waals surface area contributed by atoms with Crippen LogP contribution >= 0.6 is 11.8 Å². The molecule has 1 aromatic rings. The van der Waals surface area contributed by atoms with E-state index in [1.807, 2.05) is 6.26 Å². The number of carboxylic acids is 1. The summed E-state index contributed by atoms with van der Waals surface area (Å²) in [6, 6.07) is 3.20. The number of rotatable bonds is 9. The van der Waals surface area contributed by atoms with E-state index in [0.29, 0.717) is 6.54 Å². The number of hydrogen-bond acceptors (Lipinski definition) is 5. The van der Waals surface area contributed by atoms with Crippen molar-refractivity contribution < 1.29 is 23.4 Å².